The molecule has 1 fully saturated rings. The molecule has 0 radical (unpaired) electrons. The van der Waals surface area contributed by atoms with Gasteiger partial charge in [-0.1, -0.05) is 67.3 Å². The van der Waals surface area contributed by atoms with Crippen molar-refractivity contribution in [3.05, 3.63) is 107 Å². The first kappa shape index (κ1) is 25.9. The lowest BCUT2D eigenvalue weighted by atomic mass is 10.1. The van der Waals surface area contributed by atoms with Crippen LogP contribution in [0.2, 0.25) is 0 Å². The summed E-state index contributed by atoms with van der Waals surface area (Å²) in [5.74, 6) is 0.249. The number of halogens is 1. The second-order valence-corrected chi connectivity index (χ2v) is 10.6. The fourth-order valence-electron chi connectivity index (χ4n) is 4.10. The predicted octanol–water partition coefficient (Wildman–Crippen LogP) is 7.26. The van der Waals surface area contributed by atoms with Gasteiger partial charge < -0.3 is 4.74 Å². The van der Waals surface area contributed by atoms with Crippen molar-refractivity contribution < 1.29 is 13.9 Å². The molecule has 1 aromatic heterocycles. The van der Waals surface area contributed by atoms with Crippen molar-refractivity contribution in [2.24, 2.45) is 0 Å². The Kier molecular flexibility index (Phi) is 7.72. The van der Waals surface area contributed by atoms with Crippen LogP contribution in [0, 0.1) is 5.82 Å². The van der Waals surface area contributed by atoms with Crippen LogP contribution in [-0.4, -0.2) is 30.9 Å². The Morgan fingerprint density at radius 1 is 1.05 bits per heavy atom. The van der Waals surface area contributed by atoms with Gasteiger partial charge in [0.25, 0.3) is 5.91 Å². The average molecular weight is 544 g/mol. The molecule has 1 aliphatic rings. The van der Waals surface area contributed by atoms with Gasteiger partial charge in [0.2, 0.25) is 0 Å². The maximum absolute atomic E-state index is 13.9. The van der Waals surface area contributed by atoms with Crippen molar-refractivity contribution in [3.63, 3.8) is 0 Å². The van der Waals surface area contributed by atoms with E-state index in [9.17, 15) is 9.18 Å². The Morgan fingerprint density at radius 2 is 1.76 bits per heavy atom. The van der Waals surface area contributed by atoms with Crippen molar-refractivity contribution >= 4 is 40.3 Å². The number of ether oxygens (including phenoxy) is 1. The smallest absolute Gasteiger partial charge is 0.266 e. The summed E-state index contributed by atoms with van der Waals surface area (Å²) in [5, 5.41) is 4.86. The first-order valence-electron chi connectivity index (χ1n) is 12.3. The Labute approximate surface area is 230 Å². The summed E-state index contributed by atoms with van der Waals surface area (Å²) < 4.78 is 22.1. The second kappa shape index (κ2) is 11.3. The molecule has 1 amide bonds. The highest BCUT2D eigenvalue weighted by atomic mass is 32.2. The zero-order valence-corrected chi connectivity index (χ0v) is 22.6. The van der Waals surface area contributed by atoms with E-state index in [0.29, 0.717) is 20.5 Å². The number of nitrogens with zero attached hydrogens (tertiary/aromatic N) is 3. The van der Waals surface area contributed by atoms with Gasteiger partial charge in [-0.25, -0.2) is 9.07 Å². The first-order valence-corrected chi connectivity index (χ1v) is 13.6. The summed E-state index contributed by atoms with van der Waals surface area (Å²) in [6.07, 6.45) is 4.61. The van der Waals surface area contributed by atoms with E-state index >= 15 is 0 Å². The van der Waals surface area contributed by atoms with Gasteiger partial charge in [-0.2, -0.15) is 5.10 Å². The number of aromatic nitrogens is 2. The van der Waals surface area contributed by atoms with E-state index < -0.39 is 0 Å². The summed E-state index contributed by atoms with van der Waals surface area (Å²) in [5.41, 5.74) is 3.80. The summed E-state index contributed by atoms with van der Waals surface area (Å²) in [4.78, 5) is 15.4. The molecule has 5 rings (SSSR count). The molecule has 192 valence electrons. The minimum absolute atomic E-state index is 0.0387. The van der Waals surface area contributed by atoms with E-state index in [1.807, 2.05) is 80.7 Å². The van der Waals surface area contributed by atoms with Crippen LogP contribution in [0.5, 0.6) is 5.75 Å². The van der Waals surface area contributed by atoms with Crippen molar-refractivity contribution in [1.29, 1.82) is 0 Å². The van der Waals surface area contributed by atoms with Crippen LogP contribution in [0.25, 0.3) is 23.0 Å². The third kappa shape index (κ3) is 5.42. The molecule has 4 aromatic rings. The van der Waals surface area contributed by atoms with E-state index in [2.05, 4.69) is 0 Å². The van der Waals surface area contributed by atoms with Gasteiger partial charge in [-0.15, -0.1) is 0 Å². The number of thioether (sulfide) groups is 1. The van der Waals surface area contributed by atoms with Crippen LogP contribution in [0.15, 0.2) is 90.0 Å². The van der Waals surface area contributed by atoms with Crippen LogP contribution in [0.3, 0.4) is 0 Å². The summed E-state index contributed by atoms with van der Waals surface area (Å²) >= 11 is 6.83. The third-order valence-corrected chi connectivity index (χ3v) is 7.72. The van der Waals surface area contributed by atoms with Crippen LogP contribution < -0.4 is 4.74 Å². The molecule has 0 bridgehead atoms. The number of carbonyl (C=O) groups is 1. The minimum atomic E-state index is -0.293. The summed E-state index contributed by atoms with van der Waals surface area (Å²) in [6.45, 7) is 4.18. The molecule has 2 heterocycles. The van der Waals surface area contributed by atoms with E-state index in [1.54, 1.807) is 27.8 Å². The lowest BCUT2D eigenvalue weighted by molar-refractivity contribution is -0.123. The average Bonchev–Trinajstić information content (AvgIpc) is 3.48. The monoisotopic (exact) mass is 543 g/mol. The molecule has 1 atom stereocenters. The molecule has 1 saturated heterocycles. The van der Waals surface area contributed by atoms with Crippen LogP contribution >= 0.6 is 24.0 Å². The van der Waals surface area contributed by atoms with Gasteiger partial charge in [0.1, 0.15) is 22.5 Å². The number of para-hydroxylation sites is 1. The number of hydrogen-bond donors (Lipinski definition) is 0. The fourth-order valence-corrected chi connectivity index (χ4v) is 5.55. The Morgan fingerprint density at radius 3 is 2.47 bits per heavy atom. The molecule has 0 N–H and O–H groups in total. The van der Waals surface area contributed by atoms with Gasteiger partial charge in [-0.05, 0) is 61.9 Å². The lowest BCUT2D eigenvalue weighted by Crippen LogP contribution is -2.36. The van der Waals surface area contributed by atoms with Crippen LogP contribution in [0.1, 0.15) is 31.4 Å². The molecule has 1 unspecified atom stereocenters. The number of hydrogen-bond acceptors (Lipinski definition) is 5. The Balaban J connectivity index is 1.46. The van der Waals surface area contributed by atoms with E-state index in [1.165, 1.54) is 17.8 Å². The van der Waals surface area contributed by atoms with Gasteiger partial charge in [0, 0.05) is 28.9 Å². The maximum Gasteiger partial charge on any atom is 0.266 e. The highest BCUT2D eigenvalue weighted by molar-refractivity contribution is 8.26. The van der Waals surface area contributed by atoms with E-state index in [-0.39, 0.29) is 24.4 Å². The molecule has 3 aromatic carbocycles. The topological polar surface area (TPSA) is 47.4 Å². The Hall–Kier alpha value is -3.75. The van der Waals surface area contributed by atoms with Crippen LogP contribution in [0.4, 0.5) is 4.39 Å². The van der Waals surface area contributed by atoms with Crippen molar-refractivity contribution in [1.82, 2.24) is 14.7 Å². The second-order valence-electron chi connectivity index (χ2n) is 8.93. The molecule has 8 heteroatoms. The molecular formula is C30H26FN3O2S2. The Bertz CT molecular complexity index is 1500. The molecule has 0 saturated carbocycles. The minimum Gasteiger partial charge on any atom is -0.489 e. The highest BCUT2D eigenvalue weighted by Gasteiger charge is 2.35. The maximum atomic E-state index is 13.9. The number of benzene rings is 3. The molecule has 1 aliphatic heterocycles. The highest BCUT2D eigenvalue weighted by Crippen LogP contribution is 2.36. The van der Waals surface area contributed by atoms with E-state index in [0.717, 1.165) is 28.9 Å². The van der Waals surface area contributed by atoms with E-state index in [4.69, 9.17) is 22.1 Å². The normalized spacial score (nSPS) is 15.3. The van der Waals surface area contributed by atoms with Crippen molar-refractivity contribution in [3.8, 4) is 22.7 Å². The standard InChI is InChI=1S/C30H26FN3O2S2/c1-3-20(2)34-29(35)27(38-30(34)37)17-23-18-33(24-10-5-4-6-11-24)32-28(23)21-13-15-25(16-14-21)36-19-22-9-7-8-12-26(22)31/h4-18,20H,3,19H2,1-2H3/b27-17+. The predicted molar refractivity (Wildman–Crippen MR) is 154 cm³/mol. The van der Waals surface area contributed by atoms with Gasteiger partial charge in [0.05, 0.1) is 16.3 Å². The molecule has 5 nitrogen and oxygen atoms in total. The fraction of sp³-hybridized carbons (Fsp3) is 0.167. The van der Waals surface area contributed by atoms with Crippen molar-refractivity contribution in [2.75, 3.05) is 0 Å². The van der Waals surface area contributed by atoms with Gasteiger partial charge in [0.15, 0.2) is 0 Å². The number of amides is 1. The zero-order chi connectivity index (χ0) is 26.6. The third-order valence-electron chi connectivity index (χ3n) is 6.38. The molecular weight excluding hydrogens is 517 g/mol. The summed E-state index contributed by atoms with van der Waals surface area (Å²) in [6, 6.07) is 23.9. The SMILES string of the molecule is CCC(C)N1C(=O)/C(=C\c2cn(-c3ccccc3)nc2-c2ccc(OCc3ccccc3F)cc2)SC1=S. The lowest BCUT2D eigenvalue weighted by Gasteiger charge is -2.21. The van der Waals surface area contributed by atoms with Gasteiger partial charge >= 0.3 is 0 Å². The first-order chi connectivity index (χ1) is 18.4. The molecule has 0 aliphatic carbocycles. The largest absolute Gasteiger partial charge is 0.489 e. The van der Waals surface area contributed by atoms with Gasteiger partial charge in [-0.3, -0.25) is 9.69 Å². The summed E-state index contributed by atoms with van der Waals surface area (Å²) in [7, 11) is 0. The van der Waals surface area contributed by atoms with Crippen molar-refractivity contribution in [2.45, 2.75) is 32.9 Å². The quantitative estimate of drug-likeness (QED) is 0.173. The number of thiocarbonyl (C=S) groups is 1. The molecule has 0 spiro atoms. The number of rotatable bonds is 8. The zero-order valence-electron chi connectivity index (χ0n) is 21.0. The van der Waals surface area contributed by atoms with Crippen LogP contribution in [-0.2, 0) is 11.4 Å². The molecule has 38 heavy (non-hydrogen) atoms. The number of carbonyl (C=O) groups excluding carboxylic acids is 1.